The lowest BCUT2D eigenvalue weighted by Crippen LogP contribution is -2.26. The molecule has 1 heterocycles. The Labute approximate surface area is 125 Å². The SMILES string of the molecule is CCOC(=O)c1nc(C(=O)N(C)c2ccc(O)cc2)cs1. The molecule has 2 aromatic rings. The Morgan fingerprint density at radius 2 is 2.00 bits per heavy atom. The van der Waals surface area contributed by atoms with Gasteiger partial charge in [-0.05, 0) is 31.2 Å². The zero-order valence-corrected chi connectivity index (χ0v) is 12.4. The normalized spacial score (nSPS) is 10.2. The van der Waals surface area contributed by atoms with Crippen molar-refractivity contribution in [2.45, 2.75) is 6.92 Å². The molecular formula is C14H14N2O4S. The van der Waals surface area contributed by atoms with Crippen LogP contribution < -0.4 is 4.90 Å². The largest absolute Gasteiger partial charge is 0.508 e. The third-order valence-corrected chi connectivity index (χ3v) is 3.54. The van der Waals surface area contributed by atoms with Crippen LogP contribution >= 0.6 is 11.3 Å². The van der Waals surface area contributed by atoms with Crippen LogP contribution in [-0.4, -0.2) is 35.6 Å². The van der Waals surface area contributed by atoms with Gasteiger partial charge in [0.1, 0.15) is 11.4 Å². The summed E-state index contributed by atoms with van der Waals surface area (Å²) >= 11 is 1.07. The second kappa shape index (κ2) is 6.36. The van der Waals surface area contributed by atoms with Crippen LogP contribution in [0.2, 0.25) is 0 Å². The molecule has 0 atom stereocenters. The molecule has 1 aromatic carbocycles. The first-order valence-corrected chi connectivity index (χ1v) is 7.10. The van der Waals surface area contributed by atoms with Crippen LogP contribution in [0.25, 0.3) is 0 Å². The number of anilines is 1. The minimum absolute atomic E-state index is 0.123. The molecule has 1 aromatic heterocycles. The number of hydrogen-bond donors (Lipinski definition) is 1. The van der Waals surface area contributed by atoms with Crippen molar-refractivity contribution in [2.24, 2.45) is 0 Å². The number of phenolic OH excluding ortho intramolecular Hbond substituents is 1. The van der Waals surface area contributed by atoms with E-state index < -0.39 is 5.97 Å². The summed E-state index contributed by atoms with van der Waals surface area (Å²) in [5, 5.41) is 10.9. The summed E-state index contributed by atoms with van der Waals surface area (Å²) in [6, 6.07) is 6.21. The summed E-state index contributed by atoms with van der Waals surface area (Å²) in [5.74, 6) is -0.751. The lowest BCUT2D eigenvalue weighted by atomic mass is 10.2. The van der Waals surface area contributed by atoms with E-state index in [1.807, 2.05) is 0 Å². The van der Waals surface area contributed by atoms with Crippen LogP contribution in [0.15, 0.2) is 29.6 Å². The molecule has 0 radical (unpaired) electrons. The van der Waals surface area contributed by atoms with E-state index in [0.717, 1.165) is 11.3 Å². The van der Waals surface area contributed by atoms with E-state index >= 15 is 0 Å². The van der Waals surface area contributed by atoms with Gasteiger partial charge in [0, 0.05) is 18.1 Å². The summed E-state index contributed by atoms with van der Waals surface area (Å²) in [7, 11) is 1.60. The van der Waals surface area contributed by atoms with Crippen molar-refractivity contribution >= 4 is 28.9 Å². The fraction of sp³-hybridized carbons (Fsp3) is 0.214. The molecule has 7 heteroatoms. The van der Waals surface area contributed by atoms with Gasteiger partial charge in [-0.3, -0.25) is 4.79 Å². The molecule has 6 nitrogen and oxygen atoms in total. The van der Waals surface area contributed by atoms with Gasteiger partial charge in [-0.2, -0.15) is 0 Å². The Hall–Kier alpha value is -2.41. The molecule has 0 unspecified atom stereocenters. The highest BCUT2D eigenvalue weighted by Gasteiger charge is 2.19. The number of ether oxygens (including phenoxy) is 1. The smallest absolute Gasteiger partial charge is 0.367 e. The van der Waals surface area contributed by atoms with Gasteiger partial charge in [0.2, 0.25) is 5.01 Å². The molecule has 0 aliphatic heterocycles. The van der Waals surface area contributed by atoms with Crippen molar-refractivity contribution in [3.8, 4) is 5.75 Å². The van der Waals surface area contributed by atoms with Crippen LogP contribution in [0.5, 0.6) is 5.75 Å². The minimum atomic E-state index is -0.533. The number of aromatic hydroxyl groups is 1. The molecule has 0 fully saturated rings. The van der Waals surface area contributed by atoms with Crippen LogP contribution in [0, 0.1) is 0 Å². The predicted octanol–water partition coefficient (Wildman–Crippen LogP) is 2.30. The second-order valence-corrected chi connectivity index (χ2v) is 5.00. The number of aromatic nitrogens is 1. The topological polar surface area (TPSA) is 79.7 Å². The number of amides is 1. The zero-order chi connectivity index (χ0) is 15.4. The Bertz CT molecular complexity index is 651. The van der Waals surface area contributed by atoms with Crippen molar-refractivity contribution in [3.05, 3.63) is 40.3 Å². The molecule has 1 amide bonds. The van der Waals surface area contributed by atoms with E-state index in [4.69, 9.17) is 4.74 Å². The van der Waals surface area contributed by atoms with Crippen molar-refractivity contribution < 1.29 is 19.4 Å². The Morgan fingerprint density at radius 3 is 2.62 bits per heavy atom. The van der Waals surface area contributed by atoms with Gasteiger partial charge in [0.25, 0.3) is 5.91 Å². The van der Waals surface area contributed by atoms with Gasteiger partial charge >= 0.3 is 5.97 Å². The Kier molecular flexibility index (Phi) is 4.54. The average molecular weight is 306 g/mol. The molecule has 110 valence electrons. The van der Waals surface area contributed by atoms with Gasteiger partial charge in [-0.1, -0.05) is 0 Å². The van der Waals surface area contributed by atoms with Crippen LogP contribution in [0.4, 0.5) is 5.69 Å². The molecule has 2 rings (SSSR count). The van der Waals surface area contributed by atoms with Gasteiger partial charge in [-0.25, -0.2) is 9.78 Å². The van der Waals surface area contributed by atoms with Crippen LogP contribution in [0.1, 0.15) is 27.2 Å². The maximum atomic E-state index is 12.3. The number of benzene rings is 1. The number of hydrogen-bond acceptors (Lipinski definition) is 6. The fourth-order valence-corrected chi connectivity index (χ4v) is 2.31. The van der Waals surface area contributed by atoms with Gasteiger partial charge in [-0.15, -0.1) is 11.3 Å². The second-order valence-electron chi connectivity index (χ2n) is 4.14. The molecule has 0 bridgehead atoms. The van der Waals surface area contributed by atoms with Crippen molar-refractivity contribution in [3.63, 3.8) is 0 Å². The van der Waals surface area contributed by atoms with Crippen molar-refractivity contribution in [1.29, 1.82) is 0 Å². The molecule has 0 spiro atoms. The first kappa shape index (κ1) is 15.0. The molecule has 21 heavy (non-hydrogen) atoms. The van der Waals surface area contributed by atoms with E-state index in [9.17, 15) is 14.7 Å². The van der Waals surface area contributed by atoms with E-state index in [0.29, 0.717) is 5.69 Å². The minimum Gasteiger partial charge on any atom is -0.508 e. The highest BCUT2D eigenvalue weighted by molar-refractivity contribution is 7.11. The van der Waals surface area contributed by atoms with Crippen molar-refractivity contribution in [2.75, 3.05) is 18.6 Å². The number of phenols is 1. The monoisotopic (exact) mass is 306 g/mol. The fourth-order valence-electron chi connectivity index (χ4n) is 1.62. The maximum Gasteiger partial charge on any atom is 0.367 e. The summed E-state index contributed by atoms with van der Waals surface area (Å²) in [6.07, 6.45) is 0. The van der Waals surface area contributed by atoms with E-state index in [-0.39, 0.29) is 29.0 Å². The number of esters is 1. The highest BCUT2D eigenvalue weighted by atomic mass is 32.1. The van der Waals surface area contributed by atoms with Crippen LogP contribution in [0.3, 0.4) is 0 Å². The quantitative estimate of drug-likeness (QED) is 0.877. The third-order valence-electron chi connectivity index (χ3n) is 2.71. The molecule has 1 N–H and O–H groups in total. The number of nitrogens with zero attached hydrogens (tertiary/aromatic N) is 2. The van der Waals surface area contributed by atoms with Crippen molar-refractivity contribution in [1.82, 2.24) is 4.98 Å². The maximum absolute atomic E-state index is 12.3. The van der Waals surface area contributed by atoms with Gasteiger partial charge < -0.3 is 14.7 Å². The highest BCUT2D eigenvalue weighted by Crippen LogP contribution is 2.20. The number of carbonyl (C=O) groups is 2. The Balaban J connectivity index is 2.16. The molecule has 0 aliphatic carbocycles. The average Bonchev–Trinajstić information content (AvgIpc) is 2.96. The van der Waals surface area contributed by atoms with E-state index in [1.54, 1.807) is 26.1 Å². The third kappa shape index (κ3) is 3.38. The first-order valence-electron chi connectivity index (χ1n) is 6.22. The lowest BCUT2D eigenvalue weighted by molar-refractivity contribution is 0.0526. The standard InChI is InChI=1S/C14H14N2O4S/c1-3-20-14(19)12-15-11(8-21-12)13(18)16(2)9-4-6-10(17)7-5-9/h4-8,17H,3H2,1-2H3. The number of rotatable bonds is 4. The molecule has 0 saturated carbocycles. The summed E-state index contributed by atoms with van der Waals surface area (Å²) in [6.45, 7) is 1.96. The van der Waals surface area contributed by atoms with Gasteiger partial charge in [0.15, 0.2) is 0 Å². The van der Waals surface area contributed by atoms with E-state index in [2.05, 4.69) is 4.98 Å². The predicted molar refractivity (Wildman–Crippen MR) is 78.9 cm³/mol. The first-order chi connectivity index (χ1) is 10.0. The zero-order valence-electron chi connectivity index (χ0n) is 11.6. The van der Waals surface area contributed by atoms with E-state index in [1.165, 1.54) is 22.4 Å². The number of thiazole rings is 1. The summed E-state index contributed by atoms with van der Waals surface area (Å²) in [5.41, 5.74) is 0.794. The van der Waals surface area contributed by atoms with Crippen LogP contribution in [-0.2, 0) is 4.74 Å². The molecular weight excluding hydrogens is 292 g/mol. The molecule has 0 aliphatic rings. The summed E-state index contributed by atoms with van der Waals surface area (Å²) < 4.78 is 4.84. The molecule has 0 saturated heterocycles. The Morgan fingerprint density at radius 1 is 1.33 bits per heavy atom. The lowest BCUT2D eigenvalue weighted by Gasteiger charge is -2.15. The van der Waals surface area contributed by atoms with Gasteiger partial charge in [0.05, 0.1) is 6.61 Å². The summed E-state index contributed by atoms with van der Waals surface area (Å²) in [4.78, 5) is 29.2. The number of carbonyl (C=O) groups excluding carboxylic acids is 2.